The minimum Gasteiger partial charge on any atom is -0.494 e. The van der Waals surface area contributed by atoms with Gasteiger partial charge in [0.05, 0.1) is 7.11 Å². The molecular formula is C13H18ClFN2O2. The first-order valence-electron chi connectivity index (χ1n) is 6.06. The van der Waals surface area contributed by atoms with Gasteiger partial charge in [-0.25, -0.2) is 4.39 Å². The van der Waals surface area contributed by atoms with Gasteiger partial charge < -0.3 is 15.4 Å². The molecule has 0 bridgehead atoms. The van der Waals surface area contributed by atoms with Crippen molar-refractivity contribution in [2.75, 3.05) is 20.2 Å². The zero-order valence-corrected chi connectivity index (χ0v) is 11.6. The van der Waals surface area contributed by atoms with Crippen LogP contribution in [0.15, 0.2) is 18.2 Å². The molecule has 19 heavy (non-hydrogen) atoms. The maximum Gasteiger partial charge on any atom is 0.251 e. The van der Waals surface area contributed by atoms with E-state index in [1.165, 1.54) is 25.3 Å². The number of amides is 1. The molecule has 1 aliphatic rings. The Kier molecular flexibility index (Phi) is 6.05. The molecule has 1 heterocycles. The Morgan fingerprint density at radius 3 is 2.95 bits per heavy atom. The standard InChI is InChI=1S/C13H17FN2O2.ClH/c1-18-12-7-9(4-5-11(12)14)13(17)16-10-3-2-6-15-8-10;/h4-5,7,10,15H,2-3,6,8H2,1H3,(H,16,17);1H/t10-;/m1./s1. The number of nitrogens with one attached hydrogen (secondary N) is 2. The van der Waals surface area contributed by atoms with Gasteiger partial charge in [0, 0.05) is 18.2 Å². The molecule has 1 aromatic carbocycles. The minimum absolute atomic E-state index is 0. The summed E-state index contributed by atoms with van der Waals surface area (Å²) in [6, 6.07) is 4.26. The zero-order chi connectivity index (χ0) is 13.0. The Balaban J connectivity index is 0.00000180. The van der Waals surface area contributed by atoms with Crippen LogP contribution in [-0.2, 0) is 0 Å². The Labute approximate surface area is 118 Å². The van der Waals surface area contributed by atoms with Crippen LogP contribution in [0.25, 0.3) is 0 Å². The smallest absolute Gasteiger partial charge is 0.251 e. The highest BCUT2D eigenvalue weighted by molar-refractivity contribution is 5.94. The molecule has 0 aliphatic carbocycles. The lowest BCUT2D eigenvalue weighted by Gasteiger charge is -2.23. The van der Waals surface area contributed by atoms with E-state index in [0.29, 0.717) is 5.56 Å². The van der Waals surface area contributed by atoms with E-state index in [4.69, 9.17) is 4.74 Å². The molecule has 0 aromatic heterocycles. The second kappa shape index (κ2) is 7.31. The van der Waals surface area contributed by atoms with Crippen LogP contribution >= 0.6 is 12.4 Å². The minimum atomic E-state index is -0.464. The van der Waals surface area contributed by atoms with Crippen molar-refractivity contribution in [1.29, 1.82) is 0 Å². The largest absolute Gasteiger partial charge is 0.494 e. The number of methoxy groups -OCH3 is 1. The normalized spacial score (nSPS) is 18.3. The van der Waals surface area contributed by atoms with Gasteiger partial charge >= 0.3 is 0 Å². The van der Waals surface area contributed by atoms with Crippen molar-refractivity contribution in [2.45, 2.75) is 18.9 Å². The average molecular weight is 289 g/mol. The van der Waals surface area contributed by atoms with Gasteiger partial charge in [-0.05, 0) is 37.6 Å². The number of ether oxygens (including phenoxy) is 1. The van der Waals surface area contributed by atoms with Gasteiger partial charge in [0.15, 0.2) is 11.6 Å². The van der Waals surface area contributed by atoms with Crippen LogP contribution in [0.2, 0.25) is 0 Å². The topological polar surface area (TPSA) is 50.4 Å². The first-order chi connectivity index (χ1) is 8.70. The van der Waals surface area contributed by atoms with E-state index in [-0.39, 0.29) is 30.1 Å². The fourth-order valence-corrected chi connectivity index (χ4v) is 2.04. The van der Waals surface area contributed by atoms with Crippen LogP contribution in [0.5, 0.6) is 5.75 Å². The number of halogens is 2. The lowest BCUT2D eigenvalue weighted by atomic mass is 10.1. The number of carbonyl (C=O) groups is 1. The predicted molar refractivity (Wildman–Crippen MR) is 73.6 cm³/mol. The molecule has 0 radical (unpaired) electrons. The molecule has 1 amide bonds. The van der Waals surface area contributed by atoms with E-state index >= 15 is 0 Å². The monoisotopic (exact) mass is 288 g/mol. The highest BCUT2D eigenvalue weighted by Gasteiger charge is 2.17. The lowest BCUT2D eigenvalue weighted by molar-refractivity contribution is 0.0930. The van der Waals surface area contributed by atoms with Crippen molar-refractivity contribution in [3.05, 3.63) is 29.6 Å². The second-order valence-electron chi connectivity index (χ2n) is 4.37. The summed E-state index contributed by atoms with van der Waals surface area (Å²) in [5, 5.41) is 6.15. The van der Waals surface area contributed by atoms with E-state index in [0.717, 1.165) is 25.9 Å². The van der Waals surface area contributed by atoms with E-state index in [1.54, 1.807) is 0 Å². The zero-order valence-electron chi connectivity index (χ0n) is 10.7. The maximum absolute atomic E-state index is 13.2. The van der Waals surface area contributed by atoms with Crippen molar-refractivity contribution >= 4 is 18.3 Å². The number of hydrogen-bond acceptors (Lipinski definition) is 3. The molecule has 0 spiro atoms. The van der Waals surface area contributed by atoms with Crippen LogP contribution in [-0.4, -0.2) is 32.1 Å². The molecule has 1 aromatic rings. The molecule has 6 heteroatoms. The van der Waals surface area contributed by atoms with Crippen molar-refractivity contribution in [3.63, 3.8) is 0 Å². The molecule has 0 saturated carbocycles. The van der Waals surface area contributed by atoms with Gasteiger partial charge in [-0.1, -0.05) is 0 Å². The highest BCUT2D eigenvalue weighted by atomic mass is 35.5. The molecule has 2 N–H and O–H groups in total. The summed E-state index contributed by atoms with van der Waals surface area (Å²) < 4.78 is 18.1. The number of piperidine rings is 1. The second-order valence-corrected chi connectivity index (χ2v) is 4.37. The summed E-state index contributed by atoms with van der Waals surface area (Å²) in [7, 11) is 1.38. The van der Waals surface area contributed by atoms with E-state index in [2.05, 4.69) is 10.6 Å². The molecule has 106 valence electrons. The Morgan fingerprint density at radius 1 is 1.53 bits per heavy atom. The third-order valence-electron chi connectivity index (χ3n) is 3.05. The summed E-state index contributed by atoms with van der Waals surface area (Å²) in [5.74, 6) is -0.570. The van der Waals surface area contributed by atoms with Crippen LogP contribution in [0, 0.1) is 5.82 Å². The van der Waals surface area contributed by atoms with Crippen molar-refractivity contribution in [2.24, 2.45) is 0 Å². The number of hydrogen-bond donors (Lipinski definition) is 2. The first-order valence-corrected chi connectivity index (χ1v) is 6.06. The first kappa shape index (κ1) is 15.7. The SMILES string of the molecule is COc1cc(C(=O)N[C@@H]2CCCNC2)ccc1F.Cl. The molecule has 0 unspecified atom stereocenters. The molecule has 1 saturated heterocycles. The van der Waals surface area contributed by atoms with Gasteiger partial charge in [-0.15, -0.1) is 12.4 Å². The quantitative estimate of drug-likeness (QED) is 0.891. The summed E-state index contributed by atoms with van der Waals surface area (Å²) in [6.45, 7) is 1.78. The number of benzene rings is 1. The number of rotatable bonds is 3. The summed E-state index contributed by atoms with van der Waals surface area (Å²) in [6.07, 6.45) is 2.02. The highest BCUT2D eigenvalue weighted by Crippen LogP contribution is 2.18. The van der Waals surface area contributed by atoms with Crippen LogP contribution in [0.1, 0.15) is 23.2 Å². The van der Waals surface area contributed by atoms with Crippen LogP contribution in [0.3, 0.4) is 0 Å². The Hall–Kier alpha value is -1.33. The van der Waals surface area contributed by atoms with Gasteiger partial charge in [-0.2, -0.15) is 0 Å². The van der Waals surface area contributed by atoms with E-state index < -0.39 is 5.82 Å². The van der Waals surface area contributed by atoms with Crippen LogP contribution < -0.4 is 15.4 Å². The van der Waals surface area contributed by atoms with Crippen LogP contribution in [0.4, 0.5) is 4.39 Å². The molecule has 1 aliphatic heterocycles. The third-order valence-corrected chi connectivity index (χ3v) is 3.05. The van der Waals surface area contributed by atoms with E-state index in [1.807, 2.05) is 0 Å². The third kappa shape index (κ3) is 4.08. The van der Waals surface area contributed by atoms with Gasteiger partial charge in [0.2, 0.25) is 0 Å². The molecular weight excluding hydrogens is 271 g/mol. The molecule has 1 atom stereocenters. The van der Waals surface area contributed by atoms with Gasteiger partial charge in [0.1, 0.15) is 0 Å². The Bertz CT molecular complexity index is 437. The maximum atomic E-state index is 13.2. The lowest BCUT2D eigenvalue weighted by Crippen LogP contribution is -2.45. The van der Waals surface area contributed by atoms with Gasteiger partial charge in [0.25, 0.3) is 5.91 Å². The molecule has 2 rings (SSSR count). The van der Waals surface area contributed by atoms with Gasteiger partial charge in [-0.3, -0.25) is 4.79 Å². The molecule has 4 nitrogen and oxygen atoms in total. The van der Waals surface area contributed by atoms with E-state index in [9.17, 15) is 9.18 Å². The summed E-state index contributed by atoms with van der Waals surface area (Å²) in [5.41, 5.74) is 0.416. The van der Waals surface area contributed by atoms with Crippen molar-refractivity contribution in [1.82, 2.24) is 10.6 Å². The average Bonchev–Trinajstić information content (AvgIpc) is 2.40. The van der Waals surface area contributed by atoms with Crippen molar-refractivity contribution < 1.29 is 13.9 Å². The summed E-state index contributed by atoms with van der Waals surface area (Å²) in [4.78, 5) is 12.0. The number of carbonyl (C=O) groups excluding carboxylic acids is 1. The Morgan fingerprint density at radius 2 is 2.32 bits per heavy atom. The fraction of sp³-hybridized carbons (Fsp3) is 0.462. The van der Waals surface area contributed by atoms with Crippen molar-refractivity contribution in [3.8, 4) is 5.75 Å². The summed E-state index contributed by atoms with van der Waals surface area (Å²) >= 11 is 0. The molecule has 1 fully saturated rings. The fourth-order valence-electron chi connectivity index (χ4n) is 2.04. The predicted octanol–water partition coefficient (Wildman–Crippen LogP) is 1.74.